The summed E-state index contributed by atoms with van der Waals surface area (Å²) in [5.41, 5.74) is 1.04. The van der Waals surface area contributed by atoms with Crippen LogP contribution in [0.2, 0.25) is 0 Å². The molecule has 0 fully saturated rings. The van der Waals surface area contributed by atoms with E-state index in [1.54, 1.807) is 6.20 Å². The molecule has 0 radical (unpaired) electrons. The molecule has 2 aromatic rings. The number of rotatable bonds is 12. The summed E-state index contributed by atoms with van der Waals surface area (Å²) >= 11 is 0. The Bertz CT molecular complexity index is 622. The van der Waals surface area contributed by atoms with Gasteiger partial charge in [0.25, 0.3) is 0 Å². The minimum Gasteiger partial charge on any atom is -0.490 e. The minimum absolute atomic E-state index is 0.623. The standard InChI is InChI=1S/C21H32N2O2/c1-4-6-7-8-9-10-11-16-25-19-13-12-18(17-20(19)24-5-2)21-22-14-15-23(21)3/h12-15,17H,4-11,16H2,1-3H3. The summed E-state index contributed by atoms with van der Waals surface area (Å²) in [7, 11) is 1.99. The molecule has 0 unspecified atom stereocenters. The second kappa shape index (κ2) is 10.8. The van der Waals surface area contributed by atoms with E-state index < -0.39 is 0 Å². The van der Waals surface area contributed by atoms with E-state index in [4.69, 9.17) is 9.47 Å². The van der Waals surface area contributed by atoms with Gasteiger partial charge in [-0.25, -0.2) is 4.98 Å². The van der Waals surface area contributed by atoms with Crippen LogP contribution in [0.25, 0.3) is 11.4 Å². The summed E-state index contributed by atoms with van der Waals surface area (Å²) < 4.78 is 13.7. The number of nitrogens with zero attached hydrogens (tertiary/aromatic N) is 2. The van der Waals surface area contributed by atoms with E-state index in [2.05, 4.69) is 11.9 Å². The first kappa shape index (κ1) is 19.4. The van der Waals surface area contributed by atoms with Crippen molar-refractivity contribution < 1.29 is 9.47 Å². The average Bonchev–Trinajstić information content (AvgIpc) is 3.04. The molecule has 25 heavy (non-hydrogen) atoms. The van der Waals surface area contributed by atoms with Crippen LogP contribution in [0.4, 0.5) is 0 Å². The van der Waals surface area contributed by atoms with E-state index in [0.29, 0.717) is 6.61 Å². The third-order valence-electron chi connectivity index (χ3n) is 4.33. The lowest BCUT2D eigenvalue weighted by Crippen LogP contribution is -2.02. The van der Waals surface area contributed by atoms with Crippen molar-refractivity contribution in [1.82, 2.24) is 9.55 Å². The van der Waals surface area contributed by atoms with Crippen molar-refractivity contribution in [2.45, 2.75) is 58.8 Å². The fourth-order valence-corrected chi connectivity index (χ4v) is 2.92. The lowest BCUT2D eigenvalue weighted by Gasteiger charge is -2.13. The first-order valence-electron chi connectivity index (χ1n) is 9.63. The van der Waals surface area contributed by atoms with Crippen molar-refractivity contribution in [3.05, 3.63) is 30.6 Å². The Morgan fingerprint density at radius 2 is 1.68 bits per heavy atom. The van der Waals surface area contributed by atoms with E-state index >= 15 is 0 Å². The number of ether oxygens (including phenoxy) is 2. The number of hydrogen-bond acceptors (Lipinski definition) is 3. The maximum Gasteiger partial charge on any atom is 0.161 e. The Morgan fingerprint density at radius 1 is 0.920 bits per heavy atom. The molecule has 1 aromatic heterocycles. The predicted octanol–water partition coefficient (Wildman–Crippen LogP) is 5.62. The highest BCUT2D eigenvalue weighted by Gasteiger charge is 2.10. The van der Waals surface area contributed by atoms with Crippen molar-refractivity contribution in [3.63, 3.8) is 0 Å². The van der Waals surface area contributed by atoms with Crippen LogP contribution in [0.5, 0.6) is 11.5 Å². The average molecular weight is 344 g/mol. The number of benzene rings is 1. The molecule has 0 saturated carbocycles. The highest BCUT2D eigenvalue weighted by molar-refractivity contribution is 5.61. The van der Waals surface area contributed by atoms with E-state index in [-0.39, 0.29) is 0 Å². The minimum atomic E-state index is 0.623. The fourth-order valence-electron chi connectivity index (χ4n) is 2.92. The molecule has 138 valence electrons. The van der Waals surface area contributed by atoms with Gasteiger partial charge in [0.2, 0.25) is 0 Å². The lowest BCUT2D eigenvalue weighted by molar-refractivity contribution is 0.270. The molecule has 0 aliphatic heterocycles. The van der Waals surface area contributed by atoms with Crippen molar-refractivity contribution >= 4 is 0 Å². The summed E-state index contributed by atoms with van der Waals surface area (Å²) in [5, 5.41) is 0. The molecule has 0 bridgehead atoms. The molecular formula is C21H32N2O2. The topological polar surface area (TPSA) is 36.3 Å². The normalized spacial score (nSPS) is 10.8. The Morgan fingerprint density at radius 3 is 2.36 bits per heavy atom. The van der Waals surface area contributed by atoms with Crippen LogP contribution in [0, 0.1) is 0 Å². The van der Waals surface area contributed by atoms with Crippen LogP contribution in [0.3, 0.4) is 0 Å². The van der Waals surface area contributed by atoms with Gasteiger partial charge >= 0.3 is 0 Å². The number of aryl methyl sites for hydroxylation is 1. The quantitative estimate of drug-likeness (QED) is 0.469. The highest BCUT2D eigenvalue weighted by Crippen LogP contribution is 2.32. The van der Waals surface area contributed by atoms with E-state index in [1.807, 2.05) is 42.9 Å². The van der Waals surface area contributed by atoms with Gasteiger partial charge < -0.3 is 14.0 Å². The maximum absolute atomic E-state index is 5.97. The molecule has 1 heterocycles. The molecule has 0 N–H and O–H groups in total. The van der Waals surface area contributed by atoms with Gasteiger partial charge in [-0.05, 0) is 31.5 Å². The third-order valence-corrected chi connectivity index (χ3v) is 4.33. The van der Waals surface area contributed by atoms with Crippen molar-refractivity contribution in [1.29, 1.82) is 0 Å². The fraction of sp³-hybridized carbons (Fsp3) is 0.571. The van der Waals surface area contributed by atoms with Crippen LogP contribution in [0.15, 0.2) is 30.6 Å². The molecule has 0 aliphatic rings. The Balaban J connectivity index is 1.86. The van der Waals surface area contributed by atoms with Gasteiger partial charge in [0.15, 0.2) is 11.5 Å². The van der Waals surface area contributed by atoms with Gasteiger partial charge in [0.05, 0.1) is 13.2 Å². The van der Waals surface area contributed by atoms with Gasteiger partial charge in [-0.3, -0.25) is 0 Å². The summed E-state index contributed by atoms with van der Waals surface area (Å²) in [6.45, 7) is 5.61. The van der Waals surface area contributed by atoms with Crippen LogP contribution < -0.4 is 9.47 Å². The van der Waals surface area contributed by atoms with Gasteiger partial charge in [-0.1, -0.05) is 45.4 Å². The molecule has 0 aliphatic carbocycles. The second-order valence-corrected chi connectivity index (χ2v) is 6.43. The monoisotopic (exact) mass is 344 g/mol. The van der Waals surface area contributed by atoms with Crippen molar-refractivity contribution in [2.75, 3.05) is 13.2 Å². The molecule has 1 aromatic carbocycles. The number of hydrogen-bond donors (Lipinski definition) is 0. The summed E-state index contributed by atoms with van der Waals surface area (Å²) in [4.78, 5) is 4.40. The Hall–Kier alpha value is -1.97. The summed E-state index contributed by atoms with van der Waals surface area (Å²) in [5.74, 6) is 2.55. The van der Waals surface area contributed by atoms with Crippen LogP contribution in [-0.4, -0.2) is 22.8 Å². The SMILES string of the molecule is CCCCCCCCCOc1ccc(-c2nccn2C)cc1OCC. The zero-order chi connectivity index (χ0) is 17.9. The highest BCUT2D eigenvalue weighted by atomic mass is 16.5. The van der Waals surface area contributed by atoms with Crippen molar-refractivity contribution in [3.8, 4) is 22.9 Å². The van der Waals surface area contributed by atoms with Gasteiger partial charge in [-0.15, -0.1) is 0 Å². The van der Waals surface area contributed by atoms with Gasteiger partial charge in [0, 0.05) is 25.0 Å². The van der Waals surface area contributed by atoms with Crippen LogP contribution >= 0.6 is 0 Å². The van der Waals surface area contributed by atoms with Gasteiger partial charge in [-0.2, -0.15) is 0 Å². The summed E-state index contributed by atoms with van der Waals surface area (Å²) in [6.07, 6.45) is 12.8. The molecule has 2 rings (SSSR count). The molecule has 0 saturated heterocycles. The van der Waals surface area contributed by atoms with Crippen LogP contribution in [-0.2, 0) is 7.05 Å². The maximum atomic E-state index is 5.97. The Labute approximate surface area is 152 Å². The molecule has 4 heteroatoms. The van der Waals surface area contributed by atoms with E-state index in [1.165, 1.54) is 38.5 Å². The zero-order valence-corrected chi connectivity index (χ0v) is 16.0. The first-order valence-corrected chi connectivity index (χ1v) is 9.63. The molecule has 0 spiro atoms. The first-order chi connectivity index (χ1) is 12.3. The van der Waals surface area contributed by atoms with Crippen LogP contribution in [0.1, 0.15) is 58.8 Å². The van der Waals surface area contributed by atoms with Gasteiger partial charge in [0.1, 0.15) is 5.82 Å². The van der Waals surface area contributed by atoms with E-state index in [9.17, 15) is 0 Å². The second-order valence-electron chi connectivity index (χ2n) is 6.43. The third kappa shape index (κ3) is 6.11. The van der Waals surface area contributed by atoms with E-state index in [0.717, 1.165) is 35.9 Å². The number of unbranched alkanes of at least 4 members (excludes halogenated alkanes) is 6. The predicted molar refractivity (Wildman–Crippen MR) is 103 cm³/mol. The largest absolute Gasteiger partial charge is 0.490 e. The molecular weight excluding hydrogens is 312 g/mol. The van der Waals surface area contributed by atoms with Crippen molar-refractivity contribution in [2.24, 2.45) is 7.05 Å². The zero-order valence-electron chi connectivity index (χ0n) is 16.0. The number of imidazole rings is 1. The number of aromatic nitrogens is 2. The molecule has 0 atom stereocenters. The smallest absolute Gasteiger partial charge is 0.161 e. The lowest BCUT2D eigenvalue weighted by atomic mass is 10.1. The summed E-state index contributed by atoms with van der Waals surface area (Å²) in [6, 6.07) is 6.06. The molecule has 0 amide bonds. The molecule has 4 nitrogen and oxygen atoms in total. The Kier molecular flexibility index (Phi) is 8.36.